The maximum atomic E-state index is 12.7. The van der Waals surface area contributed by atoms with E-state index in [1.165, 1.54) is 22.3 Å². The first-order chi connectivity index (χ1) is 13.4. The molecule has 1 N–H and O–H groups in total. The SMILES string of the molecule is CC1(C)CN(C(=O)OCC2c3ccccc3-c3ccccc32)CC1CC(=O)O. The first kappa shape index (κ1) is 18.5. The van der Waals surface area contributed by atoms with Crippen LogP contribution in [-0.2, 0) is 9.53 Å². The zero-order chi connectivity index (χ0) is 19.9. The molecular weight excluding hydrogens is 354 g/mol. The molecule has 1 heterocycles. The van der Waals surface area contributed by atoms with Gasteiger partial charge in [0.05, 0.1) is 6.42 Å². The molecule has 0 saturated carbocycles. The van der Waals surface area contributed by atoms with Crippen molar-refractivity contribution in [2.75, 3.05) is 19.7 Å². The van der Waals surface area contributed by atoms with E-state index >= 15 is 0 Å². The lowest BCUT2D eigenvalue weighted by molar-refractivity contribution is -0.138. The van der Waals surface area contributed by atoms with E-state index < -0.39 is 5.97 Å². The van der Waals surface area contributed by atoms with E-state index in [1.807, 2.05) is 38.1 Å². The number of fused-ring (bicyclic) bond motifs is 3. The minimum Gasteiger partial charge on any atom is -0.481 e. The van der Waals surface area contributed by atoms with E-state index in [-0.39, 0.29) is 36.4 Å². The molecule has 1 unspecified atom stereocenters. The van der Waals surface area contributed by atoms with Crippen LogP contribution < -0.4 is 0 Å². The number of amides is 1. The van der Waals surface area contributed by atoms with Crippen LogP contribution in [0.3, 0.4) is 0 Å². The third-order valence-electron chi connectivity index (χ3n) is 6.16. The fourth-order valence-electron chi connectivity index (χ4n) is 4.57. The minimum atomic E-state index is -0.826. The number of likely N-dealkylation sites (tertiary alicyclic amines) is 1. The summed E-state index contributed by atoms with van der Waals surface area (Å²) in [6, 6.07) is 16.5. The average molecular weight is 379 g/mol. The molecule has 1 atom stereocenters. The summed E-state index contributed by atoms with van der Waals surface area (Å²) in [5.74, 6) is -0.861. The van der Waals surface area contributed by atoms with Gasteiger partial charge in [-0.05, 0) is 33.6 Å². The van der Waals surface area contributed by atoms with Gasteiger partial charge in [0.25, 0.3) is 0 Å². The molecule has 5 heteroatoms. The van der Waals surface area contributed by atoms with Crippen LogP contribution in [0.25, 0.3) is 11.1 Å². The van der Waals surface area contributed by atoms with Crippen molar-refractivity contribution in [2.45, 2.75) is 26.2 Å². The van der Waals surface area contributed by atoms with Gasteiger partial charge < -0.3 is 14.7 Å². The Morgan fingerprint density at radius 1 is 1.07 bits per heavy atom. The first-order valence-electron chi connectivity index (χ1n) is 9.68. The minimum absolute atomic E-state index is 0.0294. The number of hydrogen-bond donors (Lipinski definition) is 1. The Morgan fingerprint density at radius 2 is 1.64 bits per heavy atom. The highest BCUT2D eigenvalue weighted by atomic mass is 16.6. The van der Waals surface area contributed by atoms with Crippen molar-refractivity contribution in [1.82, 2.24) is 4.90 Å². The number of ether oxygens (including phenoxy) is 1. The number of nitrogens with zero attached hydrogens (tertiary/aromatic N) is 1. The van der Waals surface area contributed by atoms with Crippen LogP contribution in [0.2, 0.25) is 0 Å². The molecule has 0 spiro atoms. The Bertz CT molecular complexity index is 875. The Hall–Kier alpha value is -2.82. The summed E-state index contributed by atoms with van der Waals surface area (Å²) in [5.41, 5.74) is 4.53. The fourth-order valence-corrected chi connectivity index (χ4v) is 4.57. The number of benzene rings is 2. The van der Waals surface area contributed by atoms with Crippen LogP contribution in [0, 0.1) is 11.3 Å². The van der Waals surface area contributed by atoms with Gasteiger partial charge in [0, 0.05) is 19.0 Å². The van der Waals surface area contributed by atoms with Gasteiger partial charge in [-0.2, -0.15) is 0 Å². The molecule has 28 heavy (non-hydrogen) atoms. The second-order valence-corrected chi connectivity index (χ2v) is 8.47. The van der Waals surface area contributed by atoms with Crippen molar-refractivity contribution in [3.8, 4) is 11.1 Å². The molecule has 1 fully saturated rings. The summed E-state index contributed by atoms with van der Waals surface area (Å²) in [5, 5.41) is 9.13. The molecule has 0 bridgehead atoms. The van der Waals surface area contributed by atoms with Crippen molar-refractivity contribution >= 4 is 12.1 Å². The van der Waals surface area contributed by atoms with Crippen LogP contribution in [0.4, 0.5) is 4.79 Å². The van der Waals surface area contributed by atoms with Crippen LogP contribution in [-0.4, -0.2) is 41.8 Å². The average Bonchev–Trinajstić information content (AvgIpc) is 3.14. The monoisotopic (exact) mass is 379 g/mol. The van der Waals surface area contributed by atoms with Crippen molar-refractivity contribution in [3.05, 3.63) is 59.7 Å². The Balaban J connectivity index is 1.47. The molecule has 0 aromatic heterocycles. The zero-order valence-corrected chi connectivity index (χ0v) is 16.2. The predicted octanol–water partition coefficient (Wildman–Crippen LogP) is 4.37. The lowest BCUT2D eigenvalue weighted by Crippen LogP contribution is -2.31. The van der Waals surface area contributed by atoms with Crippen molar-refractivity contribution in [2.24, 2.45) is 11.3 Å². The highest BCUT2D eigenvalue weighted by Gasteiger charge is 2.43. The third-order valence-corrected chi connectivity index (χ3v) is 6.16. The summed E-state index contributed by atoms with van der Waals surface area (Å²) in [4.78, 5) is 25.5. The van der Waals surface area contributed by atoms with Crippen LogP contribution in [0.15, 0.2) is 48.5 Å². The van der Waals surface area contributed by atoms with Crippen molar-refractivity contribution < 1.29 is 19.4 Å². The molecule has 2 aliphatic rings. The molecule has 2 aromatic rings. The number of carboxylic acids is 1. The highest BCUT2D eigenvalue weighted by Crippen LogP contribution is 2.44. The topological polar surface area (TPSA) is 66.8 Å². The third kappa shape index (κ3) is 3.26. The van der Waals surface area contributed by atoms with E-state index in [9.17, 15) is 9.59 Å². The molecule has 1 saturated heterocycles. The van der Waals surface area contributed by atoms with Gasteiger partial charge >= 0.3 is 12.1 Å². The van der Waals surface area contributed by atoms with Crippen molar-refractivity contribution in [3.63, 3.8) is 0 Å². The number of carbonyl (C=O) groups excluding carboxylic acids is 1. The van der Waals surface area contributed by atoms with Gasteiger partial charge in [0.2, 0.25) is 0 Å². The molecular formula is C23H25NO4. The van der Waals surface area contributed by atoms with Gasteiger partial charge in [-0.15, -0.1) is 0 Å². The van der Waals surface area contributed by atoms with Gasteiger partial charge in [0.15, 0.2) is 0 Å². The number of hydrogen-bond acceptors (Lipinski definition) is 3. The molecule has 146 valence electrons. The quantitative estimate of drug-likeness (QED) is 0.857. The molecule has 2 aromatic carbocycles. The summed E-state index contributed by atoms with van der Waals surface area (Å²) >= 11 is 0. The second kappa shape index (κ2) is 6.97. The lowest BCUT2D eigenvalue weighted by atomic mass is 9.80. The van der Waals surface area contributed by atoms with Crippen LogP contribution >= 0.6 is 0 Å². The van der Waals surface area contributed by atoms with Crippen LogP contribution in [0.1, 0.15) is 37.3 Å². The number of rotatable bonds is 4. The van der Waals surface area contributed by atoms with Gasteiger partial charge in [-0.25, -0.2) is 4.79 Å². The predicted molar refractivity (Wildman–Crippen MR) is 106 cm³/mol. The Morgan fingerprint density at radius 3 is 2.21 bits per heavy atom. The molecule has 5 nitrogen and oxygen atoms in total. The van der Waals surface area contributed by atoms with Crippen molar-refractivity contribution in [1.29, 1.82) is 0 Å². The smallest absolute Gasteiger partial charge is 0.409 e. The summed E-state index contributed by atoms with van der Waals surface area (Å²) in [6.07, 6.45) is -0.289. The molecule has 0 radical (unpaired) electrons. The summed E-state index contributed by atoms with van der Waals surface area (Å²) < 4.78 is 5.71. The maximum absolute atomic E-state index is 12.7. The first-order valence-corrected chi connectivity index (χ1v) is 9.68. The van der Waals surface area contributed by atoms with E-state index in [2.05, 4.69) is 24.3 Å². The molecule has 1 aliphatic heterocycles. The summed E-state index contributed by atoms with van der Waals surface area (Å²) in [7, 11) is 0. The highest BCUT2D eigenvalue weighted by molar-refractivity contribution is 5.79. The van der Waals surface area contributed by atoms with Gasteiger partial charge in [-0.3, -0.25) is 4.79 Å². The largest absolute Gasteiger partial charge is 0.481 e. The molecule has 4 rings (SSSR count). The van der Waals surface area contributed by atoms with Gasteiger partial charge in [-0.1, -0.05) is 62.4 Å². The number of aliphatic carboxylic acids is 1. The van der Waals surface area contributed by atoms with E-state index in [1.54, 1.807) is 4.90 Å². The second-order valence-electron chi connectivity index (χ2n) is 8.47. The normalized spacial score (nSPS) is 19.9. The number of carboxylic acid groups (broad SMARTS) is 1. The molecule has 1 aliphatic carbocycles. The maximum Gasteiger partial charge on any atom is 0.409 e. The Kier molecular flexibility index (Phi) is 4.61. The summed E-state index contributed by atoms with van der Waals surface area (Å²) in [6.45, 7) is 5.25. The van der Waals surface area contributed by atoms with E-state index in [4.69, 9.17) is 9.84 Å². The Labute approximate surface area is 164 Å². The van der Waals surface area contributed by atoms with E-state index in [0.29, 0.717) is 13.1 Å². The fraction of sp³-hybridized carbons (Fsp3) is 0.391. The van der Waals surface area contributed by atoms with Gasteiger partial charge in [0.1, 0.15) is 6.61 Å². The standard InChI is InChI=1S/C23H25NO4/c1-23(2)14-24(12-15(23)11-21(25)26)22(27)28-13-20-18-9-5-3-7-16(18)17-8-4-6-10-19(17)20/h3-10,15,20H,11-14H2,1-2H3,(H,25,26). The van der Waals surface area contributed by atoms with Crippen LogP contribution in [0.5, 0.6) is 0 Å². The van der Waals surface area contributed by atoms with E-state index in [0.717, 1.165) is 0 Å². The molecule has 1 amide bonds. The zero-order valence-electron chi connectivity index (χ0n) is 16.2. The number of carbonyl (C=O) groups is 2. The lowest BCUT2D eigenvalue weighted by Gasteiger charge is -2.23.